The fourth-order valence-electron chi connectivity index (χ4n) is 4.45. The van der Waals surface area contributed by atoms with Crippen LogP contribution in [0.5, 0.6) is 11.5 Å². The number of para-hydroxylation sites is 1. The number of anilines is 1. The van der Waals surface area contributed by atoms with E-state index in [1.165, 1.54) is 17.0 Å². The van der Waals surface area contributed by atoms with E-state index >= 15 is 0 Å². The number of sulfonamides is 1. The van der Waals surface area contributed by atoms with Gasteiger partial charge in [0.15, 0.2) is 0 Å². The molecular formula is C34H36BrN3O5S. The molecule has 0 aliphatic rings. The number of carbonyl (C=O) groups excluding carboxylic acids is 2. The second-order valence-corrected chi connectivity index (χ2v) is 13.5. The largest absolute Gasteiger partial charge is 0.457 e. The van der Waals surface area contributed by atoms with Gasteiger partial charge in [-0.1, -0.05) is 64.0 Å². The molecule has 1 atom stereocenters. The molecule has 1 N–H and O–H groups in total. The lowest BCUT2D eigenvalue weighted by Gasteiger charge is -2.32. The van der Waals surface area contributed by atoms with Gasteiger partial charge in [-0.15, -0.1) is 0 Å². The van der Waals surface area contributed by atoms with E-state index in [4.69, 9.17) is 4.74 Å². The zero-order valence-corrected chi connectivity index (χ0v) is 27.5. The van der Waals surface area contributed by atoms with Crippen molar-refractivity contribution in [2.75, 3.05) is 10.8 Å². The van der Waals surface area contributed by atoms with Crippen LogP contribution in [-0.4, -0.2) is 43.8 Å². The first kappa shape index (κ1) is 32.8. The molecule has 0 bridgehead atoms. The van der Waals surface area contributed by atoms with E-state index in [9.17, 15) is 18.0 Å². The van der Waals surface area contributed by atoms with Crippen LogP contribution < -0.4 is 14.4 Å². The molecule has 4 rings (SSSR count). The summed E-state index contributed by atoms with van der Waals surface area (Å²) < 4.78 is 36.0. The maximum atomic E-state index is 14.1. The molecule has 10 heteroatoms. The zero-order valence-electron chi connectivity index (χ0n) is 25.1. The second-order valence-electron chi connectivity index (χ2n) is 10.7. The van der Waals surface area contributed by atoms with Crippen LogP contribution in [0, 0.1) is 6.92 Å². The molecule has 0 spiro atoms. The van der Waals surface area contributed by atoms with Gasteiger partial charge in [-0.3, -0.25) is 13.9 Å². The Kier molecular flexibility index (Phi) is 10.8. The quantitative estimate of drug-likeness (QED) is 0.180. The Hall–Kier alpha value is -4.15. The molecule has 0 aliphatic heterocycles. The fourth-order valence-corrected chi connectivity index (χ4v) is 6.12. The molecule has 0 aromatic heterocycles. The lowest BCUT2D eigenvalue weighted by molar-refractivity contribution is -0.139. The van der Waals surface area contributed by atoms with Crippen LogP contribution in [0.4, 0.5) is 5.69 Å². The summed E-state index contributed by atoms with van der Waals surface area (Å²) in [6, 6.07) is 28.6. The fraction of sp³-hybridized carbons (Fsp3) is 0.235. The maximum Gasteiger partial charge on any atom is 0.264 e. The molecule has 1 unspecified atom stereocenters. The van der Waals surface area contributed by atoms with Gasteiger partial charge in [-0.05, 0) is 93.9 Å². The van der Waals surface area contributed by atoms with E-state index in [-0.39, 0.29) is 29.1 Å². The Morgan fingerprint density at radius 1 is 0.818 bits per heavy atom. The van der Waals surface area contributed by atoms with E-state index in [0.29, 0.717) is 11.5 Å². The predicted molar refractivity (Wildman–Crippen MR) is 176 cm³/mol. The van der Waals surface area contributed by atoms with E-state index in [2.05, 4.69) is 21.2 Å². The zero-order chi connectivity index (χ0) is 31.9. The summed E-state index contributed by atoms with van der Waals surface area (Å²) in [5.41, 5.74) is 1.97. The predicted octanol–water partition coefficient (Wildman–Crippen LogP) is 6.69. The van der Waals surface area contributed by atoms with E-state index in [1.807, 2.05) is 75.4 Å². The van der Waals surface area contributed by atoms with Crippen LogP contribution in [-0.2, 0) is 26.2 Å². The molecule has 0 aliphatic carbocycles. The van der Waals surface area contributed by atoms with Crippen molar-refractivity contribution in [2.24, 2.45) is 0 Å². The monoisotopic (exact) mass is 677 g/mol. The minimum Gasteiger partial charge on any atom is -0.457 e. The minimum absolute atomic E-state index is 0.0468. The molecule has 4 aromatic carbocycles. The highest BCUT2D eigenvalue weighted by atomic mass is 79.9. The highest BCUT2D eigenvalue weighted by molar-refractivity contribution is 9.10. The molecule has 4 aromatic rings. The van der Waals surface area contributed by atoms with Crippen LogP contribution >= 0.6 is 15.9 Å². The van der Waals surface area contributed by atoms with Gasteiger partial charge in [0.2, 0.25) is 11.8 Å². The summed E-state index contributed by atoms with van der Waals surface area (Å²) in [7, 11) is -4.18. The Labute approximate surface area is 267 Å². The number of nitrogens with one attached hydrogen (secondary N) is 1. The smallest absolute Gasteiger partial charge is 0.264 e. The lowest BCUT2D eigenvalue weighted by Crippen LogP contribution is -2.52. The SMILES string of the molecule is Cc1ccc(S(=O)(=O)N(CC(=O)N(Cc2ccc(Br)cc2)C(C)C(=O)NC(C)C)c2ccc(Oc3ccccc3)cc2)cc1. The standard InChI is InChI=1S/C34H36BrN3O5S/c1-24(2)36-34(40)26(4)37(22-27-12-14-28(35)15-13-27)33(39)23-38(44(41,42)32-20-10-25(3)11-21-32)29-16-18-31(19-17-29)43-30-8-6-5-7-9-30/h5-21,24,26H,22-23H2,1-4H3,(H,36,40). The number of benzene rings is 4. The number of amides is 2. The summed E-state index contributed by atoms with van der Waals surface area (Å²) in [6.07, 6.45) is 0. The van der Waals surface area contributed by atoms with Crippen molar-refractivity contribution >= 4 is 43.5 Å². The molecule has 2 amide bonds. The van der Waals surface area contributed by atoms with Crippen molar-refractivity contribution < 1.29 is 22.7 Å². The molecular weight excluding hydrogens is 642 g/mol. The van der Waals surface area contributed by atoms with Gasteiger partial charge in [-0.2, -0.15) is 0 Å². The molecule has 44 heavy (non-hydrogen) atoms. The third-order valence-electron chi connectivity index (χ3n) is 6.86. The molecule has 8 nitrogen and oxygen atoms in total. The Balaban J connectivity index is 1.70. The number of rotatable bonds is 12. The average Bonchev–Trinajstić information content (AvgIpc) is 3.00. The number of hydrogen-bond donors (Lipinski definition) is 1. The molecule has 230 valence electrons. The first-order valence-electron chi connectivity index (χ1n) is 14.2. The van der Waals surface area contributed by atoms with E-state index < -0.39 is 28.5 Å². The molecule has 0 saturated heterocycles. The third kappa shape index (κ3) is 8.48. The summed E-state index contributed by atoms with van der Waals surface area (Å²) in [5, 5.41) is 2.86. The van der Waals surface area contributed by atoms with Gasteiger partial charge < -0.3 is 15.0 Å². The normalized spacial score (nSPS) is 12.0. The Bertz CT molecular complexity index is 1660. The summed E-state index contributed by atoms with van der Waals surface area (Å²) in [6.45, 7) is 6.78. The van der Waals surface area contributed by atoms with E-state index in [0.717, 1.165) is 19.9 Å². The summed E-state index contributed by atoms with van der Waals surface area (Å²) in [5.74, 6) is 0.284. The molecule has 0 heterocycles. The van der Waals surface area contributed by atoms with Crippen LogP contribution in [0.15, 0.2) is 112 Å². The lowest BCUT2D eigenvalue weighted by atomic mass is 10.1. The molecule has 0 radical (unpaired) electrons. The first-order valence-corrected chi connectivity index (χ1v) is 16.4. The first-order chi connectivity index (χ1) is 20.9. The van der Waals surface area contributed by atoms with Crippen molar-refractivity contribution in [2.45, 2.75) is 51.2 Å². The van der Waals surface area contributed by atoms with Gasteiger partial charge in [0.1, 0.15) is 24.1 Å². The van der Waals surface area contributed by atoms with Crippen molar-refractivity contribution in [3.8, 4) is 11.5 Å². The van der Waals surface area contributed by atoms with Crippen molar-refractivity contribution in [1.82, 2.24) is 10.2 Å². The highest BCUT2D eigenvalue weighted by Crippen LogP contribution is 2.29. The van der Waals surface area contributed by atoms with Crippen molar-refractivity contribution in [1.29, 1.82) is 0 Å². The van der Waals surface area contributed by atoms with Crippen LogP contribution in [0.2, 0.25) is 0 Å². The minimum atomic E-state index is -4.18. The third-order valence-corrected chi connectivity index (χ3v) is 9.17. The van der Waals surface area contributed by atoms with Gasteiger partial charge in [0.05, 0.1) is 10.6 Å². The Morgan fingerprint density at radius 3 is 2.00 bits per heavy atom. The van der Waals surface area contributed by atoms with Crippen molar-refractivity contribution in [3.63, 3.8) is 0 Å². The number of carbonyl (C=O) groups is 2. The topological polar surface area (TPSA) is 96.0 Å². The van der Waals surface area contributed by atoms with Gasteiger partial charge in [0, 0.05) is 17.1 Å². The number of halogens is 1. The van der Waals surface area contributed by atoms with Gasteiger partial charge >= 0.3 is 0 Å². The summed E-state index contributed by atoms with van der Waals surface area (Å²) >= 11 is 3.42. The van der Waals surface area contributed by atoms with E-state index in [1.54, 1.807) is 43.3 Å². The van der Waals surface area contributed by atoms with Gasteiger partial charge in [-0.25, -0.2) is 8.42 Å². The highest BCUT2D eigenvalue weighted by Gasteiger charge is 2.32. The van der Waals surface area contributed by atoms with Crippen LogP contribution in [0.1, 0.15) is 31.9 Å². The van der Waals surface area contributed by atoms with Crippen LogP contribution in [0.3, 0.4) is 0 Å². The average molecular weight is 679 g/mol. The Morgan fingerprint density at radius 2 is 1.41 bits per heavy atom. The number of nitrogens with zero attached hydrogens (tertiary/aromatic N) is 2. The number of aryl methyl sites for hydroxylation is 1. The second kappa shape index (κ2) is 14.5. The summed E-state index contributed by atoms with van der Waals surface area (Å²) in [4.78, 5) is 28.6. The van der Waals surface area contributed by atoms with Gasteiger partial charge in [0.25, 0.3) is 10.0 Å². The maximum absolute atomic E-state index is 14.1. The number of ether oxygens (including phenoxy) is 1. The number of hydrogen-bond acceptors (Lipinski definition) is 5. The van der Waals surface area contributed by atoms with Crippen molar-refractivity contribution in [3.05, 3.63) is 119 Å². The van der Waals surface area contributed by atoms with Crippen LogP contribution in [0.25, 0.3) is 0 Å². The molecule has 0 fully saturated rings. The molecule has 0 saturated carbocycles.